The van der Waals surface area contributed by atoms with Gasteiger partial charge in [0.05, 0.1) is 11.4 Å². The predicted molar refractivity (Wildman–Crippen MR) is 86.8 cm³/mol. The summed E-state index contributed by atoms with van der Waals surface area (Å²) < 4.78 is 26.9. The molecule has 0 aliphatic heterocycles. The molecule has 0 radical (unpaired) electrons. The molecule has 1 heterocycles. The van der Waals surface area contributed by atoms with Crippen LogP contribution in [0.1, 0.15) is 28.6 Å². The van der Waals surface area contributed by atoms with Crippen LogP contribution in [0, 0.1) is 6.92 Å². The quantitative estimate of drug-likeness (QED) is 0.854. The highest BCUT2D eigenvalue weighted by Gasteiger charge is 2.15. The van der Waals surface area contributed by atoms with Crippen molar-refractivity contribution in [1.29, 1.82) is 0 Å². The van der Waals surface area contributed by atoms with Crippen LogP contribution in [0.25, 0.3) is 0 Å². The number of aromatic nitrogens is 1. The molecule has 0 bridgehead atoms. The number of hydrogen-bond acceptors (Lipinski definition) is 5. The van der Waals surface area contributed by atoms with Crippen molar-refractivity contribution in [2.45, 2.75) is 32.6 Å². The number of thiazole rings is 1. The molecular formula is C14H19N3O2S2. The fourth-order valence-corrected chi connectivity index (χ4v) is 4.28. The number of nitrogens with zero attached hydrogens (tertiary/aromatic N) is 1. The van der Waals surface area contributed by atoms with Crippen molar-refractivity contribution < 1.29 is 8.42 Å². The van der Waals surface area contributed by atoms with Crippen LogP contribution in [0.4, 0.5) is 5.13 Å². The number of nitrogens with one attached hydrogen (secondary N) is 1. The number of aryl methyl sites for hydroxylation is 2. The lowest BCUT2D eigenvalue weighted by Crippen LogP contribution is -2.15. The van der Waals surface area contributed by atoms with E-state index in [1.54, 1.807) is 12.1 Å². The fraction of sp³-hybridized carbons (Fsp3) is 0.357. The topological polar surface area (TPSA) is 85.1 Å². The highest BCUT2D eigenvalue weighted by molar-refractivity contribution is 7.92. The second-order valence-corrected chi connectivity index (χ2v) is 7.68. The van der Waals surface area contributed by atoms with Gasteiger partial charge in [0.2, 0.25) is 10.0 Å². The van der Waals surface area contributed by atoms with Gasteiger partial charge in [-0.25, -0.2) is 13.4 Å². The van der Waals surface area contributed by atoms with E-state index in [1.807, 2.05) is 26.0 Å². The van der Waals surface area contributed by atoms with Crippen LogP contribution in [0.15, 0.2) is 24.3 Å². The van der Waals surface area contributed by atoms with E-state index in [2.05, 4.69) is 9.71 Å². The molecule has 0 saturated carbocycles. The molecule has 0 saturated heterocycles. The van der Waals surface area contributed by atoms with Gasteiger partial charge in [0, 0.05) is 11.4 Å². The van der Waals surface area contributed by atoms with Gasteiger partial charge in [0.25, 0.3) is 0 Å². The maximum Gasteiger partial charge on any atom is 0.238 e. The third kappa shape index (κ3) is 4.26. The van der Waals surface area contributed by atoms with Crippen LogP contribution < -0.4 is 10.5 Å². The molecule has 2 aromatic rings. The largest absolute Gasteiger partial charge is 0.326 e. The van der Waals surface area contributed by atoms with Gasteiger partial charge in [0.1, 0.15) is 0 Å². The summed E-state index contributed by atoms with van der Waals surface area (Å²) >= 11 is 1.36. The molecule has 0 amide bonds. The van der Waals surface area contributed by atoms with Crippen molar-refractivity contribution in [3.63, 3.8) is 0 Å². The Balaban J connectivity index is 2.10. The summed E-state index contributed by atoms with van der Waals surface area (Å²) in [5.74, 6) is -0.0715. The zero-order chi connectivity index (χ0) is 15.5. The van der Waals surface area contributed by atoms with Crippen molar-refractivity contribution in [2.24, 2.45) is 5.73 Å². The first kappa shape index (κ1) is 15.9. The number of anilines is 1. The Morgan fingerprint density at radius 2 is 1.86 bits per heavy atom. The molecule has 7 heteroatoms. The molecule has 114 valence electrons. The van der Waals surface area contributed by atoms with Crippen molar-refractivity contribution in [2.75, 3.05) is 4.72 Å². The van der Waals surface area contributed by atoms with Gasteiger partial charge in [-0.05, 0) is 24.5 Å². The van der Waals surface area contributed by atoms with Crippen LogP contribution in [-0.2, 0) is 28.7 Å². The van der Waals surface area contributed by atoms with Gasteiger partial charge in [-0.1, -0.05) is 31.2 Å². The van der Waals surface area contributed by atoms with Crippen molar-refractivity contribution >= 4 is 26.5 Å². The Morgan fingerprint density at radius 1 is 1.24 bits per heavy atom. The molecule has 5 nitrogen and oxygen atoms in total. The van der Waals surface area contributed by atoms with E-state index in [9.17, 15) is 8.42 Å². The van der Waals surface area contributed by atoms with Gasteiger partial charge >= 0.3 is 0 Å². The molecule has 0 unspecified atom stereocenters. The maximum absolute atomic E-state index is 12.2. The van der Waals surface area contributed by atoms with Gasteiger partial charge in [0.15, 0.2) is 5.13 Å². The molecule has 0 aliphatic carbocycles. The molecular weight excluding hydrogens is 306 g/mol. The van der Waals surface area contributed by atoms with Gasteiger partial charge < -0.3 is 5.73 Å². The molecule has 2 rings (SSSR count). The first-order chi connectivity index (χ1) is 9.93. The lowest BCUT2D eigenvalue weighted by molar-refractivity contribution is 0.600. The van der Waals surface area contributed by atoms with Crippen LogP contribution in [0.2, 0.25) is 0 Å². The molecule has 1 aromatic carbocycles. The summed E-state index contributed by atoms with van der Waals surface area (Å²) in [6.45, 7) is 4.39. The SMILES string of the molecule is CCc1nc(NS(=O)(=O)Cc2ccc(CN)cc2)sc1C. The minimum Gasteiger partial charge on any atom is -0.326 e. The zero-order valence-electron chi connectivity index (χ0n) is 12.1. The summed E-state index contributed by atoms with van der Waals surface area (Å²) in [5, 5.41) is 0.433. The van der Waals surface area contributed by atoms with Crippen molar-refractivity contribution in [3.05, 3.63) is 46.0 Å². The summed E-state index contributed by atoms with van der Waals surface area (Å²) in [5.41, 5.74) is 8.16. The van der Waals surface area contributed by atoms with E-state index < -0.39 is 10.0 Å². The molecule has 0 fully saturated rings. The van der Waals surface area contributed by atoms with E-state index in [4.69, 9.17) is 5.73 Å². The molecule has 0 aliphatic rings. The number of hydrogen-bond donors (Lipinski definition) is 2. The smallest absolute Gasteiger partial charge is 0.238 e. The zero-order valence-corrected chi connectivity index (χ0v) is 13.7. The van der Waals surface area contributed by atoms with E-state index in [-0.39, 0.29) is 5.75 Å². The number of rotatable bonds is 6. The molecule has 3 N–H and O–H groups in total. The second kappa shape index (κ2) is 6.55. The molecule has 1 aromatic heterocycles. The predicted octanol–water partition coefficient (Wildman–Crippen LogP) is 2.41. The first-order valence-electron chi connectivity index (χ1n) is 6.68. The molecule has 0 spiro atoms. The van der Waals surface area contributed by atoms with Crippen LogP contribution in [0.5, 0.6) is 0 Å². The maximum atomic E-state index is 12.2. The molecule has 21 heavy (non-hydrogen) atoms. The lowest BCUT2D eigenvalue weighted by Gasteiger charge is -2.06. The van der Waals surface area contributed by atoms with Crippen LogP contribution in [-0.4, -0.2) is 13.4 Å². The Hall–Kier alpha value is -1.44. The highest BCUT2D eigenvalue weighted by atomic mass is 32.2. The Bertz CT molecular complexity index is 706. The number of nitrogens with two attached hydrogens (primary N) is 1. The van der Waals surface area contributed by atoms with Crippen LogP contribution >= 0.6 is 11.3 Å². The normalized spacial score (nSPS) is 11.6. The summed E-state index contributed by atoms with van der Waals surface area (Å²) in [6.07, 6.45) is 0.796. The third-order valence-corrected chi connectivity index (χ3v) is 5.36. The van der Waals surface area contributed by atoms with Gasteiger partial charge in [-0.15, -0.1) is 11.3 Å². The monoisotopic (exact) mass is 325 g/mol. The second-order valence-electron chi connectivity index (χ2n) is 4.76. The highest BCUT2D eigenvalue weighted by Crippen LogP contribution is 2.24. The van der Waals surface area contributed by atoms with Gasteiger partial charge in [-0.3, -0.25) is 4.72 Å². The van der Waals surface area contributed by atoms with E-state index in [0.29, 0.717) is 11.7 Å². The lowest BCUT2D eigenvalue weighted by atomic mass is 10.1. The van der Waals surface area contributed by atoms with E-state index in [1.165, 1.54) is 11.3 Å². The Kier molecular flexibility index (Phi) is 4.97. The van der Waals surface area contributed by atoms with Crippen LogP contribution in [0.3, 0.4) is 0 Å². The first-order valence-corrected chi connectivity index (χ1v) is 9.15. The van der Waals surface area contributed by atoms with Crippen molar-refractivity contribution in [3.8, 4) is 0 Å². The van der Waals surface area contributed by atoms with E-state index >= 15 is 0 Å². The Labute approximate surface area is 129 Å². The standard InChI is InChI=1S/C14H19N3O2S2/c1-3-13-10(2)20-14(16-13)17-21(18,19)9-12-6-4-11(8-15)5-7-12/h4-7H,3,8-9,15H2,1-2H3,(H,16,17). The fourth-order valence-electron chi connectivity index (χ4n) is 1.96. The van der Waals surface area contributed by atoms with Gasteiger partial charge in [-0.2, -0.15) is 0 Å². The summed E-state index contributed by atoms with van der Waals surface area (Å²) in [4.78, 5) is 5.34. The van der Waals surface area contributed by atoms with E-state index in [0.717, 1.165) is 28.1 Å². The average Bonchev–Trinajstić information content (AvgIpc) is 2.78. The minimum absolute atomic E-state index is 0.0715. The van der Waals surface area contributed by atoms with Crippen molar-refractivity contribution in [1.82, 2.24) is 4.98 Å². The number of benzene rings is 1. The molecule has 0 atom stereocenters. The Morgan fingerprint density at radius 3 is 2.38 bits per heavy atom. The summed E-state index contributed by atoms with van der Waals surface area (Å²) in [6, 6.07) is 7.25. The number of sulfonamides is 1. The third-order valence-electron chi connectivity index (χ3n) is 3.09. The average molecular weight is 325 g/mol. The summed E-state index contributed by atoms with van der Waals surface area (Å²) in [7, 11) is -3.45. The minimum atomic E-state index is -3.45.